The van der Waals surface area contributed by atoms with Gasteiger partial charge in [-0.25, -0.2) is 9.97 Å². The lowest BCUT2D eigenvalue weighted by molar-refractivity contribution is 0.240. The highest BCUT2D eigenvalue weighted by Gasteiger charge is 2.28. The quantitative estimate of drug-likeness (QED) is 0.805. The number of likely N-dealkylation sites (tertiary alicyclic amines) is 1. The number of nitrogens with one attached hydrogen (secondary N) is 1. The van der Waals surface area contributed by atoms with Gasteiger partial charge in [0.15, 0.2) is 5.82 Å². The van der Waals surface area contributed by atoms with E-state index in [1.54, 1.807) is 6.20 Å². The van der Waals surface area contributed by atoms with E-state index >= 15 is 0 Å². The highest BCUT2D eigenvalue weighted by atomic mass is 15.3. The molecule has 6 nitrogen and oxygen atoms in total. The van der Waals surface area contributed by atoms with Crippen LogP contribution >= 0.6 is 0 Å². The van der Waals surface area contributed by atoms with Crippen molar-refractivity contribution in [1.29, 1.82) is 0 Å². The van der Waals surface area contributed by atoms with E-state index in [0.29, 0.717) is 6.04 Å². The fraction of sp³-hybridized carbons (Fsp3) is 0.353. The van der Waals surface area contributed by atoms with E-state index in [-0.39, 0.29) is 0 Å². The summed E-state index contributed by atoms with van der Waals surface area (Å²) in [5, 5.41) is 7.31. The van der Waals surface area contributed by atoms with Crippen molar-refractivity contribution in [2.45, 2.75) is 32.4 Å². The molecule has 1 aliphatic rings. The van der Waals surface area contributed by atoms with Crippen LogP contribution in [0.15, 0.2) is 43.0 Å². The normalized spacial score (nSPS) is 18.6. The lowest BCUT2D eigenvalue weighted by Crippen LogP contribution is -2.23. The van der Waals surface area contributed by atoms with E-state index in [2.05, 4.69) is 49.3 Å². The Morgan fingerprint density at radius 3 is 2.83 bits per heavy atom. The molecule has 118 valence electrons. The number of rotatable bonds is 4. The van der Waals surface area contributed by atoms with Gasteiger partial charge in [0.1, 0.15) is 5.82 Å². The van der Waals surface area contributed by atoms with E-state index in [1.165, 1.54) is 12.0 Å². The largest absolute Gasteiger partial charge is 0.306 e. The first-order chi connectivity index (χ1) is 11.3. The first kappa shape index (κ1) is 14.1. The number of H-pyrrole nitrogens is 1. The number of hydrogen-bond donors (Lipinski definition) is 1. The van der Waals surface area contributed by atoms with Gasteiger partial charge in [-0.2, -0.15) is 5.10 Å². The molecule has 3 heterocycles. The Labute approximate surface area is 135 Å². The fourth-order valence-electron chi connectivity index (χ4n) is 3.24. The highest BCUT2D eigenvalue weighted by molar-refractivity contribution is 5.34. The van der Waals surface area contributed by atoms with E-state index < -0.39 is 0 Å². The number of aromatic nitrogens is 5. The summed E-state index contributed by atoms with van der Waals surface area (Å²) >= 11 is 0. The zero-order valence-corrected chi connectivity index (χ0v) is 13.2. The third kappa shape index (κ3) is 2.90. The second-order valence-electron chi connectivity index (χ2n) is 6.04. The molecule has 0 saturated carbocycles. The summed E-state index contributed by atoms with van der Waals surface area (Å²) in [6.45, 7) is 3.98. The van der Waals surface area contributed by atoms with Crippen LogP contribution in [0.5, 0.6) is 0 Å². The molecule has 0 aliphatic carbocycles. The van der Waals surface area contributed by atoms with E-state index in [9.17, 15) is 0 Å². The number of hydrogen-bond acceptors (Lipinski definition) is 4. The zero-order valence-electron chi connectivity index (χ0n) is 13.2. The average Bonchev–Trinajstić information content (AvgIpc) is 3.29. The van der Waals surface area contributed by atoms with Gasteiger partial charge in [0.2, 0.25) is 0 Å². The Kier molecular flexibility index (Phi) is 3.67. The molecule has 4 rings (SSSR count). The van der Waals surface area contributed by atoms with Crippen LogP contribution in [0.4, 0.5) is 0 Å². The maximum Gasteiger partial charge on any atom is 0.167 e. The maximum absolute atomic E-state index is 4.51. The van der Waals surface area contributed by atoms with Crippen molar-refractivity contribution in [3.63, 3.8) is 0 Å². The standard InChI is InChI=1S/C17H20N6/c1-13-19-17(21-20-13)16-3-2-9-22(16)11-14-4-6-15(7-5-14)23-10-8-18-12-23/h4-8,10,12,16H,2-3,9,11H2,1H3,(H,19,20,21)/t16-/m0/s1. The van der Waals surface area contributed by atoms with Crippen LogP contribution in [-0.2, 0) is 6.54 Å². The van der Waals surface area contributed by atoms with E-state index in [0.717, 1.165) is 36.8 Å². The van der Waals surface area contributed by atoms with Crippen molar-refractivity contribution in [1.82, 2.24) is 29.6 Å². The summed E-state index contributed by atoms with van der Waals surface area (Å²) in [5.41, 5.74) is 2.45. The van der Waals surface area contributed by atoms with Crippen LogP contribution in [0.2, 0.25) is 0 Å². The second kappa shape index (κ2) is 5.96. The summed E-state index contributed by atoms with van der Waals surface area (Å²) in [4.78, 5) is 11.1. The minimum atomic E-state index is 0.327. The summed E-state index contributed by atoms with van der Waals surface area (Å²) < 4.78 is 2.01. The zero-order chi connectivity index (χ0) is 15.6. The fourth-order valence-corrected chi connectivity index (χ4v) is 3.24. The van der Waals surface area contributed by atoms with Crippen molar-refractivity contribution in [2.75, 3.05) is 6.54 Å². The van der Waals surface area contributed by atoms with Gasteiger partial charge in [0, 0.05) is 24.6 Å². The molecular formula is C17H20N6. The van der Waals surface area contributed by atoms with Crippen molar-refractivity contribution < 1.29 is 0 Å². The average molecular weight is 308 g/mol. The summed E-state index contributed by atoms with van der Waals surface area (Å²) in [7, 11) is 0. The van der Waals surface area contributed by atoms with Gasteiger partial charge in [0.25, 0.3) is 0 Å². The maximum atomic E-state index is 4.51. The molecule has 1 N–H and O–H groups in total. The van der Waals surface area contributed by atoms with Crippen LogP contribution in [0.25, 0.3) is 5.69 Å². The number of aromatic amines is 1. The Morgan fingerprint density at radius 1 is 1.26 bits per heavy atom. The first-order valence-electron chi connectivity index (χ1n) is 8.00. The highest BCUT2D eigenvalue weighted by Crippen LogP contribution is 2.31. The lowest BCUT2D eigenvalue weighted by atomic mass is 10.1. The van der Waals surface area contributed by atoms with Crippen molar-refractivity contribution in [3.05, 3.63) is 60.2 Å². The lowest BCUT2D eigenvalue weighted by Gasteiger charge is -2.22. The number of aryl methyl sites for hydroxylation is 1. The van der Waals surface area contributed by atoms with E-state index in [4.69, 9.17) is 0 Å². The molecular weight excluding hydrogens is 288 g/mol. The Bertz CT molecular complexity index is 759. The molecule has 0 unspecified atom stereocenters. The molecule has 6 heteroatoms. The van der Waals surface area contributed by atoms with Gasteiger partial charge in [-0.15, -0.1) is 0 Å². The molecule has 0 spiro atoms. The van der Waals surface area contributed by atoms with Gasteiger partial charge < -0.3 is 4.57 Å². The Hall–Kier alpha value is -2.47. The SMILES string of the molecule is Cc1nc([C@@H]2CCCN2Cc2ccc(-n3ccnc3)cc2)n[nH]1. The predicted molar refractivity (Wildman–Crippen MR) is 87.1 cm³/mol. The van der Waals surface area contributed by atoms with Gasteiger partial charge in [0.05, 0.1) is 12.4 Å². The van der Waals surface area contributed by atoms with Gasteiger partial charge in [-0.1, -0.05) is 12.1 Å². The first-order valence-corrected chi connectivity index (χ1v) is 8.00. The third-order valence-corrected chi connectivity index (χ3v) is 4.40. The van der Waals surface area contributed by atoms with Crippen LogP contribution < -0.4 is 0 Å². The number of benzene rings is 1. The molecule has 1 aromatic carbocycles. The second-order valence-corrected chi connectivity index (χ2v) is 6.04. The van der Waals surface area contributed by atoms with Crippen LogP contribution in [0.3, 0.4) is 0 Å². The van der Waals surface area contributed by atoms with Crippen molar-refractivity contribution in [2.24, 2.45) is 0 Å². The number of imidazole rings is 1. The van der Waals surface area contributed by atoms with Gasteiger partial charge in [-0.3, -0.25) is 10.00 Å². The monoisotopic (exact) mass is 308 g/mol. The molecule has 3 aromatic rings. The summed E-state index contributed by atoms with van der Waals surface area (Å²) in [6, 6.07) is 8.98. The Morgan fingerprint density at radius 2 is 2.13 bits per heavy atom. The molecule has 0 radical (unpaired) electrons. The van der Waals surface area contributed by atoms with E-state index in [1.807, 2.05) is 24.0 Å². The van der Waals surface area contributed by atoms with Crippen molar-refractivity contribution in [3.8, 4) is 5.69 Å². The molecule has 1 atom stereocenters. The molecule has 23 heavy (non-hydrogen) atoms. The molecule has 0 amide bonds. The summed E-state index contributed by atoms with van der Waals surface area (Å²) in [5.74, 6) is 1.81. The Balaban J connectivity index is 1.49. The molecule has 2 aromatic heterocycles. The topological polar surface area (TPSA) is 62.6 Å². The van der Waals surface area contributed by atoms with Gasteiger partial charge in [-0.05, 0) is 44.0 Å². The number of nitrogens with zero attached hydrogens (tertiary/aromatic N) is 5. The van der Waals surface area contributed by atoms with Crippen LogP contribution in [0.1, 0.15) is 36.1 Å². The molecule has 0 bridgehead atoms. The van der Waals surface area contributed by atoms with Gasteiger partial charge >= 0.3 is 0 Å². The van der Waals surface area contributed by atoms with Crippen LogP contribution in [0, 0.1) is 6.92 Å². The predicted octanol–water partition coefficient (Wildman–Crippen LogP) is 2.64. The minimum absolute atomic E-state index is 0.327. The molecule has 1 aliphatic heterocycles. The molecule has 1 fully saturated rings. The summed E-state index contributed by atoms with van der Waals surface area (Å²) in [6.07, 6.45) is 7.89. The minimum Gasteiger partial charge on any atom is -0.306 e. The third-order valence-electron chi connectivity index (χ3n) is 4.40. The van der Waals surface area contributed by atoms with Crippen molar-refractivity contribution >= 4 is 0 Å². The smallest absolute Gasteiger partial charge is 0.167 e. The molecule has 1 saturated heterocycles. The van der Waals surface area contributed by atoms with Crippen LogP contribution in [-0.4, -0.2) is 36.2 Å².